The Hall–Kier alpha value is -1.99. The Kier molecular flexibility index (Phi) is 5.76. The number of para-hydroxylation sites is 1. The van der Waals surface area contributed by atoms with Gasteiger partial charge in [-0.3, -0.25) is 9.88 Å². The van der Waals surface area contributed by atoms with Crippen LogP contribution in [0.3, 0.4) is 0 Å². The minimum absolute atomic E-state index is 0.0151. The van der Waals surface area contributed by atoms with Crippen LogP contribution in [0.2, 0.25) is 0 Å². The van der Waals surface area contributed by atoms with Gasteiger partial charge in [-0.1, -0.05) is 18.2 Å². The summed E-state index contributed by atoms with van der Waals surface area (Å²) in [5, 5.41) is 0. The van der Waals surface area contributed by atoms with Crippen molar-refractivity contribution in [2.45, 2.75) is 18.9 Å². The summed E-state index contributed by atoms with van der Waals surface area (Å²) in [6, 6.07) is 14.7. The average Bonchev–Trinajstić information content (AvgIpc) is 3.22. The summed E-state index contributed by atoms with van der Waals surface area (Å²) in [6.45, 7) is 5.16. The van der Waals surface area contributed by atoms with Gasteiger partial charge in [0.05, 0.1) is 19.8 Å². The van der Waals surface area contributed by atoms with E-state index in [1.807, 2.05) is 12.4 Å². The zero-order valence-electron chi connectivity index (χ0n) is 14.9. The molecule has 6 heteroatoms. The number of piperazine rings is 1. The number of hydrogen-bond acceptors (Lipinski definition) is 6. The predicted octanol–water partition coefficient (Wildman–Crippen LogP) is 2.12. The zero-order valence-corrected chi connectivity index (χ0v) is 14.9. The van der Waals surface area contributed by atoms with E-state index in [9.17, 15) is 0 Å². The van der Waals surface area contributed by atoms with Crippen LogP contribution in [0.25, 0.3) is 0 Å². The SMILES string of the molecule is c1ccc(N2CCN(Cc3ccncc3)C(OCC3COCO3)C2)cc1. The van der Waals surface area contributed by atoms with Crippen molar-refractivity contribution in [3.05, 3.63) is 60.4 Å². The zero-order chi connectivity index (χ0) is 17.6. The van der Waals surface area contributed by atoms with Crippen LogP contribution in [0, 0.1) is 0 Å². The van der Waals surface area contributed by atoms with Gasteiger partial charge in [-0.15, -0.1) is 0 Å². The van der Waals surface area contributed by atoms with E-state index in [0.29, 0.717) is 20.0 Å². The fourth-order valence-electron chi connectivity index (χ4n) is 3.41. The Morgan fingerprint density at radius 1 is 1.08 bits per heavy atom. The van der Waals surface area contributed by atoms with E-state index in [1.54, 1.807) is 0 Å². The van der Waals surface area contributed by atoms with Crippen LogP contribution in [0.15, 0.2) is 54.9 Å². The summed E-state index contributed by atoms with van der Waals surface area (Å²) in [7, 11) is 0. The minimum Gasteiger partial charge on any atom is -0.366 e. The summed E-state index contributed by atoms with van der Waals surface area (Å²) >= 11 is 0. The molecule has 2 aliphatic heterocycles. The van der Waals surface area contributed by atoms with Crippen LogP contribution < -0.4 is 4.90 Å². The first-order valence-corrected chi connectivity index (χ1v) is 9.12. The minimum atomic E-state index is 0.0151. The Morgan fingerprint density at radius 2 is 1.92 bits per heavy atom. The van der Waals surface area contributed by atoms with E-state index in [1.165, 1.54) is 11.3 Å². The lowest BCUT2D eigenvalue weighted by atomic mass is 10.2. The molecule has 0 amide bonds. The smallest absolute Gasteiger partial charge is 0.147 e. The van der Waals surface area contributed by atoms with E-state index in [2.05, 4.69) is 57.2 Å². The van der Waals surface area contributed by atoms with E-state index in [-0.39, 0.29) is 12.3 Å². The third kappa shape index (κ3) is 4.40. The first-order valence-electron chi connectivity index (χ1n) is 9.12. The van der Waals surface area contributed by atoms with Crippen molar-refractivity contribution in [1.82, 2.24) is 9.88 Å². The molecule has 3 heterocycles. The summed E-state index contributed by atoms with van der Waals surface area (Å²) in [6.07, 6.45) is 3.73. The number of nitrogens with zero attached hydrogens (tertiary/aromatic N) is 3. The van der Waals surface area contributed by atoms with Gasteiger partial charge in [0.25, 0.3) is 0 Å². The molecule has 2 saturated heterocycles. The number of rotatable bonds is 6. The standard InChI is InChI=1S/C20H25N3O3/c1-2-4-18(5-3-1)22-10-11-23(12-17-6-8-21-9-7-17)20(13-22)25-15-19-14-24-16-26-19/h1-9,19-20H,10-16H2. The van der Waals surface area contributed by atoms with Gasteiger partial charge in [-0.05, 0) is 29.8 Å². The quantitative estimate of drug-likeness (QED) is 0.791. The Morgan fingerprint density at radius 3 is 2.69 bits per heavy atom. The van der Waals surface area contributed by atoms with Crippen molar-refractivity contribution in [3.63, 3.8) is 0 Å². The lowest BCUT2D eigenvalue weighted by molar-refractivity contribution is -0.0952. The number of aromatic nitrogens is 1. The van der Waals surface area contributed by atoms with Gasteiger partial charge in [0, 0.05) is 37.7 Å². The topological polar surface area (TPSA) is 47.1 Å². The highest BCUT2D eigenvalue weighted by molar-refractivity contribution is 5.46. The van der Waals surface area contributed by atoms with Gasteiger partial charge in [-0.2, -0.15) is 0 Å². The van der Waals surface area contributed by atoms with Gasteiger partial charge >= 0.3 is 0 Å². The number of ether oxygens (including phenoxy) is 3. The summed E-state index contributed by atoms with van der Waals surface area (Å²) in [4.78, 5) is 8.89. The van der Waals surface area contributed by atoms with Gasteiger partial charge in [0.2, 0.25) is 0 Å². The molecule has 0 spiro atoms. The van der Waals surface area contributed by atoms with Crippen LogP contribution >= 0.6 is 0 Å². The highest BCUT2D eigenvalue weighted by atomic mass is 16.7. The number of pyridine rings is 1. The second-order valence-corrected chi connectivity index (χ2v) is 6.67. The molecule has 0 N–H and O–H groups in total. The summed E-state index contributed by atoms with van der Waals surface area (Å²) in [5.41, 5.74) is 2.49. The maximum Gasteiger partial charge on any atom is 0.147 e. The van der Waals surface area contributed by atoms with Crippen molar-refractivity contribution in [3.8, 4) is 0 Å². The Balaban J connectivity index is 1.43. The van der Waals surface area contributed by atoms with Crippen molar-refractivity contribution >= 4 is 5.69 Å². The van der Waals surface area contributed by atoms with Crippen LogP contribution in [-0.2, 0) is 20.8 Å². The molecule has 2 unspecified atom stereocenters. The molecule has 2 aromatic rings. The lowest BCUT2D eigenvalue weighted by Gasteiger charge is -2.42. The summed E-state index contributed by atoms with van der Waals surface area (Å²) < 4.78 is 17.1. The molecule has 2 atom stereocenters. The molecule has 4 rings (SSSR count). The van der Waals surface area contributed by atoms with Crippen molar-refractivity contribution in [2.24, 2.45) is 0 Å². The molecule has 0 bridgehead atoms. The van der Waals surface area contributed by atoms with Gasteiger partial charge in [-0.25, -0.2) is 0 Å². The first-order chi connectivity index (χ1) is 12.9. The molecule has 26 heavy (non-hydrogen) atoms. The molecule has 0 saturated carbocycles. The molecule has 2 fully saturated rings. The van der Waals surface area contributed by atoms with E-state index in [0.717, 1.165) is 26.2 Å². The Bertz CT molecular complexity index is 665. The maximum absolute atomic E-state index is 6.27. The normalized spacial score (nSPS) is 24.1. The molecule has 1 aromatic heterocycles. The van der Waals surface area contributed by atoms with E-state index in [4.69, 9.17) is 14.2 Å². The molecule has 6 nitrogen and oxygen atoms in total. The van der Waals surface area contributed by atoms with Crippen LogP contribution in [0.1, 0.15) is 5.56 Å². The number of hydrogen-bond donors (Lipinski definition) is 0. The van der Waals surface area contributed by atoms with Crippen LogP contribution in [0.4, 0.5) is 5.69 Å². The van der Waals surface area contributed by atoms with Gasteiger partial charge in [0.1, 0.15) is 19.1 Å². The third-order valence-corrected chi connectivity index (χ3v) is 4.86. The molecule has 138 valence electrons. The Labute approximate surface area is 154 Å². The highest BCUT2D eigenvalue weighted by Gasteiger charge is 2.29. The second-order valence-electron chi connectivity index (χ2n) is 6.67. The molecule has 0 aliphatic carbocycles. The van der Waals surface area contributed by atoms with Crippen molar-refractivity contribution < 1.29 is 14.2 Å². The molecule has 2 aliphatic rings. The van der Waals surface area contributed by atoms with Crippen molar-refractivity contribution in [1.29, 1.82) is 0 Å². The third-order valence-electron chi connectivity index (χ3n) is 4.86. The monoisotopic (exact) mass is 355 g/mol. The lowest BCUT2D eigenvalue weighted by Crippen LogP contribution is -2.54. The van der Waals surface area contributed by atoms with Crippen LogP contribution in [-0.4, -0.2) is 61.9 Å². The van der Waals surface area contributed by atoms with Crippen molar-refractivity contribution in [2.75, 3.05) is 44.5 Å². The fraction of sp³-hybridized carbons (Fsp3) is 0.450. The average molecular weight is 355 g/mol. The largest absolute Gasteiger partial charge is 0.366 e. The highest BCUT2D eigenvalue weighted by Crippen LogP contribution is 2.21. The van der Waals surface area contributed by atoms with Gasteiger partial charge < -0.3 is 19.1 Å². The number of anilines is 1. The second kappa shape index (κ2) is 8.60. The maximum atomic E-state index is 6.27. The predicted molar refractivity (Wildman–Crippen MR) is 98.7 cm³/mol. The number of benzene rings is 1. The summed E-state index contributed by atoms with van der Waals surface area (Å²) in [5.74, 6) is 0. The van der Waals surface area contributed by atoms with Gasteiger partial charge in [0.15, 0.2) is 0 Å². The molecule has 0 radical (unpaired) electrons. The van der Waals surface area contributed by atoms with E-state index >= 15 is 0 Å². The molecular formula is C20H25N3O3. The fourth-order valence-corrected chi connectivity index (χ4v) is 3.41. The van der Waals surface area contributed by atoms with E-state index < -0.39 is 0 Å². The van der Waals surface area contributed by atoms with Crippen LogP contribution in [0.5, 0.6) is 0 Å². The first kappa shape index (κ1) is 17.4. The molecule has 1 aromatic carbocycles. The molecular weight excluding hydrogens is 330 g/mol.